The van der Waals surface area contributed by atoms with E-state index in [1.165, 1.54) is 23.3 Å². The molecule has 1 N–H and O–H groups in total. The zero-order valence-corrected chi connectivity index (χ0v) is 13.3. The van der Waals surface area contributed by atoms with Gasteiger partial charge in [-0.05, 0) is 37.1 Å². The number of nitrogens with one attached hydrogen (secondary N) is 1. The van der Waals surface area contributed by atoms with Crippen molar-refractivity contribution in [3.8, 4) is 11.4 Å². The van der Waals surface area contributed by atoms with Gasteiger partial charge >= 0.3 is 0 Å². The molecular weight excluding hydrogens is 308 g/mol. The van der Waals surface area contributed by atoms with Crippen LogP contribution < -0.4 is 5.32 Å². The molecule has 3 rings (SSSR count). The first-order valence-corrected chi connectivity index (χ1v) is 7.41. The van der Waals surface area contributed by atoms with Crippen molar-refractivity contribution < 1.29 is 9.45 Å². The van der Waals surface area contributed by atoms with E-state index in [4.69, 9.17) is 4.52 Å². The van der Waals surface area contributed by atoms with E-state index in [2.05, 4.69) is 21.5 Å². The van der Waals surface area contributed by atoms with Crippen LogP contribution in [0.5, 0.6) is 0 Å². The lowest BCUT2D eigenvalue weighted by Crippen LogP contribution is -2.00. The Bertz CT molecular complexity index is 869. The number of nitrogens with zero attached hydrogens (tertiary/aromatic N) is 3. The van der Waals surface area contributed by atoms with Crippen molar-refractivity contribution in [1.29, 1.82) is 0 Å². The predicted molar refractivity (Wildman–Crippen MR) is 89.6 cm³/mol. The van der Waals surface area contributed by atoms with Crippen molar-refractivity contribution >= 4 is 11.4 Å². The summed E-state index contributed by atoms with van der Waals surface area (Å²) < 4.78 is 5.21. The Morgan fingerprint density at radius 1 is 1.17 bits per heavy atom. The molecule has 0 saturated heterocycles. The molecule has 0 fully saturated rings. The first-order valence-electron chi connectivity index (χ1n) is 7.41. The maximum absolute atomic E-state index is 10.8. The number of aromatic nitrogens is 2. The Kier molecular flexibility index (Phi) is 4.24. The van der Waals surface area contributed by atoms with E-state index in [9.17, 15) is 10.1 Å². The molecule has 7 heteroatoms. The lowest BCUT2D eigenvalue weighted by atomic mass is 10.1. The molecule has 0 atom stereocenters. The second-order valence-electron chi connectivity index (χ2n) is 5.55. The fourth-order valence-corrected chi connectivity index (χ4v) is 2.46. The van der Waals surface area contributed by atoms with Crippen molar-refractivity contribution in [2.45, 2.75) is 20.4 Å². The molecule has 0 bridgehead atoms. The van der Waals surface area contributed by atoms with Crippen LogP contribution >= 0.6 is 0 Å². The predicted octanol–water partition coefficient (Wildman–Crippen LogP) is 3.87. The van der Waals surface area contributed by atoms with Gasteiger partial charge in [0.15, 0.2) is 0 Å². The molecule has 0 radical (unpaired) electrons. The van der Waals surface area contributed by atoms with E-state index in [0.29, 0.717) is 23.8 Å². The lowest BCUT2D eigenvalue weighted by molar-refractivity contribution is -0.384. The molecule has 0 unspecified atom stereocenters. The molecule has 0 aliphatic carbocycles. The highest BCUT2D eigenvalue weighted by molar-refractivity contribution is 5.58. The smallest absolute Gasteiger partial charge is 0.270 e. The first kappa shape index (κ1) is 15.7. The molecule has 7 nitrogen and oxygen atoms in total. The van der Waals surface area contributed by atoms with E-state index in [1.54, 1.807) is 12.1 Å². The number of nitro groups is 1. The van der Waals surface area contributed by atoms with Crippen molar-refractivity contribution in [2.24, 2.45) is 0 Å². The van der Waals surface area contributed by atoms with Gasteiger partial charge in [0.2, 0.25) is 11.7 Å². The van der Waals surface area contributed by atoms with Crippen LogP contribution in [0.1, 0.15) is 17.0 Å². The van der Waals surface area contributed by atoms with Gasteiger partial charge in [-0.25, -0.2) is 0 Å². The van der Waals surface area contributed by atoms with Gasteiger partial charge in [0.25, 0.3) is 5.69 Å². The fourth-order valence-electron chi connectivity index (χ4n) is 2.46. The van der Waals surface area contributed by atoms with Crippen LogP contribution in [0.25, 0.3) is 11.4 Å². The number of hydrogen-bond donors (Lipinski definition) is 1. The van der Waals surface area contributed by atoms with Crippen LogP contribution in [-0.4, -0.2) is 15.1 Å². The van der Waals surface area contributed by atoms with Crippen LogP contribution in [0.15, 0.2) is 47.0 Å². The molecule has 3 aromatic rings. The molecule has 1 aromatic heterocycles. The minimum Gasteiger partial charge on any atom is -0.376 e. The maximum Gasteiger partial charge on any atom is 0.270 e. The van der Waals surface area contributed by atoms with Crippen molar-refractivity contribution in [3.05, 3.63) is 69.6 Å². The lowest BCUT2D eigenvalue weighted by Gasteiger charge is -2.06. The van der Waals surface area contributed by atoms with Gasteiger partial charge < -0.3 is 9.84 Å². The zero-order valence-electron chi connectivity index (χ0n) is 13.3. The summed E-state index contributed by atoms with van der Waals surface area (Å²) in [5.41, 5.74) is 3.85. The van der Waals surface area contributed by atoms with Gasteiger partial charge in [-0.3, -0.25) is 10.1 Å². The highest BCUT2D eigenvalue weighted by Gasteiger charge is 2.12. The van der Waals surface area contributed by atoms with Crippen LogP contribution in [0.3, 0.4) is 0 Å². The van der Waals surface area contributed by atoms with E-state index in [1.807, 2.05) is 26.0 Å². The van der Waals surface area contributed by atoms with Crippen LogP contribution in [-0.2, 0) is 6.54 Å². The Hall–Kier alpha value is -3.22. The summed E-state index contributed by atoms with van der Waals surface area (Å²) in [5, 5.41) is 18.0. The Morgan fingerprint density at radius 2 is 1.92 bits per heavy atom. The van der Waals surface area contributed by atoms with Crippen molar-refractivity contribution in [1.82, 2.24) is 10.1 Å². The quantitative estimate of drug-likeness (QED) is 0.565. The number of anilines is 1. The summed E-state index contributed by atoms with van der Waals surface area (Å²) in [5.74, 6) is 0.742. The van der Waals surface area contributed by atoms with Crippen molar-refractivity contribution in [2.75, 3.05) is 5.32 Å². The summed E-state index contributed by atoms with van der Waals surface area (Å²) in [6.07, 6.45) is 0. The molecule has 1 heterocycles. The third-order valence-electron chi connectivity index (χ3n) is 3.45. The number of aryl methyl sites for hydroxylation is 2. The zero-order chi connectivity index (χ0) is 17.1. The number of hydrogen-bond acceptors (Lipinski definition) is 6. The Morgan fingerprint density at radius 3 is 2.62 bits per heavy atom. The Balaban J connectivity index is 1.74. The number of benzene rings is 2. The molecular formula is C17H16N4O3. The normalized spacial score (nSPS) is 10.6. The molecule has 24 heavy (non-hydrogen) atoms. The number of nitro benzene ring substituents is 1. The highest BCUT2D eigenvalue weighted by atomic mass is 16.6. The monoisotopic (exact) mass is 324 g/mol. The minimum absolute atomic E-state index is 0.00721. The summed E-state index contributed by atoms with van der Waals surface area (Å²) in [7, 11) is 0. The summed E-state index contributed by atoms with van der Waals surface area (Å²) in [6, 6.07) is 12.3. The average Bonchev–Trinajstić information content (AvgIpc) is 3.01. The largest absolute Gasteiger partial charge is 0.376 e. The average molecular weight is 324 g/mol. The Labute approximate surface area is 138 Å². The van der Waals surface area contributed by atoms with E-state index in [-0.39, 0.29) is 5.69 Å². The minimum atomic E-state index is -0.452. The van der Waals surface area contributed by atoms with Crippen LogP contribution in [0.2, 0.25) is 0 Å². The summed E-state index contributed by atoms with van der Waals surface area (Å²) in [4.78, 5) is 14.7. The molecule has 0 saturated carbocycles. The van der Waals surface area contributed by atoms with Crippen LogP contribution in [0, 0.1) is 24.0 Å². The molecule has 0 spiro atoms. The standard InChI is InChI=1S/C17H16N4O3/c1-11-6-12(2)8-14(7-11)18-10-16-19-17(20-24-16)13-4-3-5-15(9-13)21(22)23/h3-9,18H,10H2,1-2H3. The third-order valence-corrected chi connectivity index (χ3v) is 3.45. The summed E-state index contributed by atoms with van der Waals surface area (Å²) >= 11 is 0. The molecule has 0 aliphatic heterocycles. The van der Waals surface area contributed by atoms with Gasteiger partial charge in [-0.2, -0.15) is 4.98 Å². The topological polar surface area (TPSA) is 94.1 Å². The third kappa shape index (κ3) is 3.57. The highest BCUT2D eigenvalue weighted by Crippen LogP contribution is 2.21. The summed E-state index contributed by atoms with van der Waals surface area (Å²) in [6.45, 7) is 4.45. The number of rotatable bonds is 5. The first-order chi connectivity index (χ1) is 11.5. The molecule has 0 amide bonds. The van der Waals surface area contributed by atoms with Gasteiger partial charge in [-0.1, -0.05) is 23.4 Å². The maximum atomic E-state index is 10.8. The van der Waals surface area contributed by atoms with Gasteiger partial charge in [0, 0.05) is 23.4 Å². The SMILES string of the molecule is Cc1cc(C)cc(NCc2nc(-c3cccc([N+](=O)[O-])c3)no2)c1. The second-order valence-corrected chi connectivity index (χ2v) is 5.55. The van der Waals surface area contributed by atoms with Gasteiger partial charge in [0.1, 0.15) is 0 Å². The van der Waals surface area contributed by atoms with Gasteiger partial charge in [0.05, 0.1) is 11.5 Å². The number of non-ortho nitro benzene ring substituents is 1. The van der Waals surface area contributed by atoms with Crippen LogP contribution in [0.4, 0.5) is 11.4 Å². The van der Waals surface area contributed by atoms with Crippen molar-refractivity contribution in [3.63, 3.8) is 0 Å². The molecule has 122 valence electrons. The molecule has 2 aromatic carbocycles. The van der Waals surface area contributed by atoms with E-state index in [0.717, 1.165) is 5.69 Å². The van der Waals surface area contributed by atoms with E-state index >= 15 is 0 Å². The van der Waals surface area contributed by atoms with E-state index < -0.39 is 4.92 Å². The van der Waals surface area contributed by atoms with Gasteiger partial charge in [-0.15, -0.1) is 0 Å². The fraction of sp³-hybridized carbons (Fsp3) is 0.176. The molecule has 0 aliphatic rings. The second kappa shape index (κ2) is 6.49.